The Hall–Kier alpha value is -1.42. The summed E-state index contributed by atoms with van der Waals surface area (Å²) < 4.78 is 0. The average Bonchev–Trinajstić information content (AvgIpc) is 2.76. The van der Waals surface area contributed by atoms with Crippen molar-refractivity contribution in [3.05, 3.63) is 23.8 Å². The lowest BCUT2D eigenvalue weighted by Crippen LogP contribution is -2.55. The highest BCUT2D eigenvalue weighted by Crippen LogP contribution is 2.68. The Balaban J connectivity index is 1.78. The van der Waals surface area contributed by atoms with E-state index in [2.05, 4.69) is 25.6 Å². The molecule has 4 rings (SSSR count). The predicted molar refractivity (Wildman–Crippen MR) is 96.5 cm³/mol. The molecule has 0 aromatic rings. The van der Waals surface area contributed by atoms with Crippen LogP contribution in [0.5, 0.6) is 0 Å². The van der Waals surface area contributed by atoms with Crippen molar-refractivity contribution >= 4 is 11.5 Å². The van der Waals surface area contributed by atoms with Crippen molar-refractivity contribution in [2.24, 2.45) is 33.7 Å². The first-order valence-corrected chi connectivity index (χ1v) is 9.50. The van der Waals surface area contributed by atoms with Crippen LogP contribution >= 0.6 is 0 Å². The monoisotopic (exact) mass is 343 g/mol. The number of hydrogen-bond donors (Lipinski definition) is 2. The second kappa shape index (κ2) is 5.06. The molecular formula is C21H29NO3. The number of ketones is 1. The maximum Gasteiger partial charge on any atom is 0.203 e. The minimum atomic E-state index is -0.636. The van der Waals surface area contributed by atoms with E-state index in [1.54, 1.807) is 6.08 Å². The first-order chi connectivity index (χ1) is 11.6. The minimum absolute atomic E-state index is 0.110. The second-order valence-corrected chi connectivity index (χ2v) is 9.53. The zero-order chi connectivity index (χ0) is 18.2. The molecule has 4 aliphatic rings. The van der Waals surface area contributed by atoms with Crippen LogP contribution in [0.2, 0.25) is 0 Å². The molecule has 25 heavy (non-hydrogen) atoms. The fourth-order valence-corrected chi connectivity index (χ4v) is 6.88. The van der Waals surface area contributed by atoms with Gasteiger partial charge < -0.3 is 10.3 Å². The first kappa shape index (κ1) is 17.0. The Morgan fingerprint density at radius 2 is 1.96 bits per heavy atom. The smallest absolute Gasteiger partial charge is 0.203 e. The van der Waals surface area contributed by atoms with Crippen LogP contribution in [0.25, 0.3) is 0 Å². The third-order valence-electron chi connectivity index (χ3n) is 8.38. The molecule has 3 fully saturated rings. The van der Waals surface area contributed by atoms with E-state index in [1.165, 1.54) is 11.1 Å². The largest absolute Gasteiger partial charge is 0.411 e. The van der Waals surface area contributed by atoms with E-state index in [1.807, 2.05) is 6.92 Å². The summed E-state index contributed by atoms with van der Waals surface area (Å²) in [6.07, 6.45) is 6.94. The highest BCUT2D eigenvalue weighted by Gasteiger charge is 2.63. The molecule has 136 valence electrons. The number of nitrogens with zero attached hydrogens (tertiary/aromatic N) is 1. The van der Waals surface area contributed by atoms with Gasteiger partial charge in [-0.2, -0.15) is 0 Å². The van der Waals surface area contributed by atoms with Gasteiger partial charge in [0, 0.05) is 17.3 Å². The van der Waals surface area contributed by atoms with Crippen LogP contribution in [0.15, 0.2) is 29.0 Å². The molecule has 4 heteroatoms. The maximum atomic E-state index is 12.2. The molecule has 4 aliphatic carbocycles. The maximum absolute atomic E-state index is 12.2. The van der Waals surface area contributed by atoms with E-state index < -0.39 is 5.60 Å². The van der Waals surface area contributed by atoms with Crippen LogP contribution in [-0.2, 0) is 4.79 Å². The second-order valence-electron chi connectivity index (χ2n) is 9.53. The summed E-state index contributed by atoms with van der Waals surface area (Å²) in [7, 11) is 0. The SMILES string of the molecule is C=C1C[C@@]2(C)[C@@H](CC[C@]2(C)O)[C@@H]2CCC3=CC(=O)C(=NO)C[C@]3(C)[C@@H]12. The van der Waals surface area contributed by atoms with Gasteiger partial charge in [-0.05, 0) is 62.9 Å². The number of fused-ring (bicyclic) bond motifs is 5. The summed E-state index contributed by atoms with van der Waals surface area (Å²) in [5.41, 5.74) is 1.73. The van der Waals surface area contributed by atoms with E-state index in [0.717, 1.165) is 32.1 Å². The third kappa shape index (κ3) is 2.03. The van der Waals surface area contributed by atoms with Crippen molar-refractivity contribution in [2.45, 2.75) is 64.9 Å². The van der Waals surface area contributed by atoms with Gasteiger partial charge >= 0.3 is 0 Å². The summed E-state index contributed by atoms with van der Waals surface area (Å²) in [4.78, 5) is 12.2. The van der Waals surface area contributed by atoms with Crippen molar-refractivity contribution in [2.75, 3.05) is 0 Å². The number of carbonyl (C=O) groups excluding carboxylic acids is 1. The third-order valence-corrected chi connectivity index (χ3v) is 8.38. The summed E-state index contributed by atoms with van der Waals surface area (Å²) >= 11 is 0. The van der Waals surface area contributed by atoms with E-state index >= 15 is 0 Å². The van der Waals surface area contributed by atoms with Gasteiger partial charge in [0.15, 0.2) is 0 Å². The molecule has 0 spiro atoms. The minimum Gasteiger partial charge on any atom is -0.411 e. The topological polar surface area (TPSA) is 69.9 Å². The van der Waals surface area contributed by atoms with Gasteiger partial charge in [-0.15, -0.1) is 0 Å². The Labute approximate surface area is 149 Å². The molecule has 4 nitrogen and oxygen atoms in total. The Morgan fingerprint density at radius 3 is 2.64 bits per heavy atom. The molecule has 2 N–H and O–H groups in total. The molecule has 0 bridgehead atoms. The lowest BCUT2D eigenvalue weighted by Gasteiger charge is -2.59. The number of oxime groups is 1. The van der Waals surface area contributed by atoms with Gasteiger partial charge in [0.2, 0.25) is 5.78 Å². The molecule has 6 atom stereocenters. The van der Waals surface area contributed by atoms with Crippen LogP contribution in [0.3, 0.4) is 0 Å². The summed E-state index contributed by atoms with van der Waals surface area (Å²) in [6.45, 7) is 10.9. The summed E-state index contributed by atoms with van der Waals surface area (Å²) in [6, 6.07) is 0. The quantitative estimate of drug-likeness (QED) is 0.398. The lowest BCUT2D eigenvalue weighted by molar-refractivity contribution is -0.110. The molecule has 0 aliphatic heterocycles. The number of carbonyl (C=O) groups is 1. The molecule has 3 saturated carbocycles. The van der Waals surface area contributed by atoms with Crippen molar-refractivity contribution in [1.82, 2.24) is 0 Å². The normalized spacial score (nSPS) is 51.0. The standard InChI is InChI=1S/C21H29NO3/c1-12-10-20(3)15(7-8-21(20,4)24)14-6-5-13-9-17(23)16(22-25)11-19(13,2)18(12)14/h9,14-15,18,24-25H,1,5-8,10-11H2,2-4H3/t14-,15-,18-,19-,20-,21-/m0/s1. The number of rotatable bonds is 0. The lowest BCUT2D eigenvalue weighted by atomic mass is 9.45. The molecule has 0 aromatic carbocycles. The van der Waals surface area contributed by atoms with Crippen LogP contribution in [-0.4, -0.2) is 27.4 Å². The molecule has 0 radical (unpaired) electrons. The summed E-state index contributed by atoms with van der Waals surface area (Å²) in [5.74, 6) is 1.12. The number of hydrogen-bond acceptors (Lipinski definition) is 4. The van der Waals surface area contributed by atoms with Crippen molar-refractivity contribution in [3.63, 3.8) is 0 Å². The van der Waals surface area contributed by atoms with Gasteiger partial charge in [-0.1, -0.05) is 36.7 Å². The highest BCUT2D eigenvalue weighted by atomic mass is 16.4. The van der Waals surface area contributed by atoms with E-state index in [-0.39, 0.29) is 22.3 Å². The van der Waals surface area contributed by atoms with E-state index in [4.69, 9.17) is 0 Å². The van der Waals surface area contributed by atoms with Gasteiger partial charge in [-0.25, -0.2) is 0 Å². The molecule has 0 saturated heterocycles. The fourth-order valence-electron chi connectivity index (χ4n) is 6.88. The van der Waals surface area contributed by atoms with Crippen LogP contribution in [0.4, 0.5) is 0 Å². The Kier molecular flexibility index (Phi) is 3.45. The van der Waals surface area contributed by atoms with E-state index in [9.17, 15) is 15.1 Å². The molecular weight excluding hydrogens is 314 g/mol. The highest BCUT2D eigenvalue weighted by molar-refractivity contribution is 6.44. The van der Waals surface area contributed by atoms with Gasteiger partial charge in [0.05, 0.1) is 5.60 Å². The van der Waals surface area contributed by atoms with Gasteiger partial charge in [0.25, 0.3) is 0 Å². The zero-order valence-corrected chi connectivity index (χ0v) is 15.5. The van der Waals surface area contributed by atoms with Crippen molar-refractivity contribution < 1.29 is 15.1 Å². The molecule has 0 amide bonds. The van der Waals surface area contributed by atoms with Gasteiger partial charge in [0.1, 0.15) is 5.71 Å². The number of aliphatic hydroxyl groups is 1. The molecule has 0 aromatic heterocycles. The fraction of sp³-hybridized carbons (Fsp3) is 0.714. The average molecular weight is 343 g/mol. The molecule has 0 heterocycles. The van der Waals surface area contributed by atoms with Gasteiger partial charge in [-0.3, -0.25) is 4.79 Å². The Morgan fingerprint density at radius 1 is 1.24 bits per heavy atom. The zero-order valence-electron chi connectivity index (χ0n) is 15.5. The predicted octanol–water partition coefficient (Wildman–Crippen LogP) is 3.88. The van der Waals surface area contributed by atoms with Crippen molar-refractivity contribution in [1.29, 1.82) is 0 Å². The summed E-state index contributed by atoms with van der Waals surface area (Å²) in [5, 5.41) is 23.6. The number of allylic oxidation sites excluding steroid dienone is 2. The van der Waals surface area contributed by atoms with E-state index in [0.29, 0.717) is 24.2 Å². The molecule has 0 unspecified atom stereocenters. The van der Waals surface area contributed by atoms with Crippen LogP contribution in [0.1, 0.15) is 59.3 Å². The van der Waals surface area contributed by atoms with Crippen LogP contribution < -0.4 is 0 Å². The first-order valence-electron chi connectivity index (χ1n) is 9.50. The van der Waals surface area contributed by atoms with Crippen LogP contribution in [0, 0.1) is 28.6 Å². The van der Waals surface area contributed by atoms with Crippen molar-refractivity contribution in [3.8, 4) is 0 Å². The Bertz CT molecular complexity index is 719.